The summed E-state index contributed by atoms with van der Waals surface area (Å²) in [6.07, 6.45) is 8.26. The summed E-state index contributed by atoms with van der Waals surface area (Å²) in [4.78, 5) is 16.7. The fourth-order valence-corrected chi connectivity index (χ4v) is 4.76. The van der Waals surface area contributed by atoms with Crippen LogP contribution < -0.4 is 10.1 Å². The van der Waals surface area contributed by atoms with Gasteiger partial charge in [-0.15, -0.1) is 0 Å². The van der Waals surface area contributed by atoms with Crippen LogP contribution in [0, 0.1) is 17.8 Å². The number of carbonyl (C=O) groups is 1. The normalized spacial score (nSPS) is 33.1. The summed E-state index contributed by atoms with van der Waals surface area (Å²) in [5, 5.41) is 3.28. The minimum Gasteiger partial charge on any atom is -0.481 e. The Morgan fingerprint density at radius 2 is 2.17 bits per heavy atom. The van der Waals surface area contributed by atoms with Crippen molar-refractivity contribution in [3.05, 3.63) is 23.9 Å². The Balaban J connectivity index is 1.48. The van der Waals surface area contributed by atoms with Crippen LogP contribution in [-0.4, -0.2) is 36.8 Å². The lowest BCUT2D eigenvalue weighted by Crippen LogP contribution is -2.63. The lowest BCUT2D eigenvalue weighted by Gasteiger charge is -2.50. The third kappa shape index (κ3) is 2.61. The molecule has 0 spiro atoms. The van der Waals surface area contributed by atoms with Crippen molar-refractivity contribution in [2.75, 3.05) is 13.7 Å². The first-order valence-corrected chi connectivity index (χ1v) is 8.70. The Morgan fingerprint density at radius 3 is 2.96 bits per heavy atom. The van der Waals surface area contributed by atoms with Gasteiger partial charge in [0.1, 0.15) is 0 Å². The third-order valence-electron chi connectivity index (χ3n) is 5.89. The predicted molar refractivity (Wildman–Crippen MR) is 85.3 cm³/mol. The van der Waals surface area contributed by atoms with Gasteiger partial charge in [0.05, 0.1) is 13.2 Å². The van der Waals surface area contributed by atoms with Crippen molar-refractivity contribution in [3.8, 4) is 5.88 Å². The number of nitrogens with one attached hydrogen (secondary N) is 1. The second kappa shape index (κ2) is 6.11. The van der Waals surface area contributed by atoms with Crippen molar-refractivity contribution >= 4 is 5.91 Å². The molecule has 1 aromatic heterocycles. The minimum atomic E-state index is -0.0240. The number of fused-ring (bicyclic) bond motifs is 1. The van der Waals surface area contributed by atoms with Crippen LogP contribution in [0.25, 0.3) is 0 Å². The SMILES string of the molecule is COc1cc(C(=O)N[C@H]2[C@@H]3CCO[C@@H]3[C@@H]2C2CCCC2)ccn1. The van der Waals surface area contributed by atoms with Gasteiger partial charge in [0.2, 0.25) is 5.88 Å². The van der Waals surface area contributed by atoms with Crippen LogP contribution >= 0.6 is 0 Å². The zero-order valence-corrected chi connectivity index (χ0v) is 13.5. The first-order chi connectivity index (χ1) is 11.3. The molecule has 0 unspecified atom stereocenters. The summed E-state index contributed by atoms with van der Waals surface area (Å²) in [6.45, 7) is 0.841. The minimum absolute atomic E-state index is 0.0240. The van der Waals surface area contributed by atoms with Gasteiger partial charge < -0.3 is 14.8 Å². The molecule has 4 rings (SSSR count). The maximum absolute atomic E-state index is 12.6. The zero-order valence-electron chi connectivity index (χ0n) is 13.5. The smallest absolute Gasteiger partial charge is 0.251 e. The van der Waals surface area contributed by atoms with Gasteiger partial charge in [0.15, 0.2) is 0 Å². The van der Waals surface area contributed by atoms with E-state index in [0.29, 0.717) is 35.3 Å². The molecule has 1 saturated heterocycles. The molecule has 5 heteroatoms. The maximum Gasteiger partial charge on any atom is 0.251 e. The molecule has 0 radical (unpaired) electrons. The Labute approximate surface area is 136 Å². The van der Waals surface area contributed by atoms with Crippen LogP contribution in [-0.2, 0) is 4.74 Å². The molecule has 3 aliphatic rings. The Hall–Kier alpha value is -1.62. The fourth-order valence-electron chi connectivity index (χ4n) is 4.76. The van der Waals surface area contributed by atoms with Crippen molar-refractivity contribution in [3.63, 3.8) is 0 Å². The zero-order chi connectivity index (χ0) is 15.8. The molecule has 23 heavy (non-hydrogen) atoms. The van der Waals surface area contributed by atoms with E-state index in [9.17, 15) is 4.79 Å². The van der Waals surface area contributed by atoms with Crippen LogP contribution in [0.4, 0.5) is 0 Å². The van der Waals surface area contributed by atoms with Gasteiger partial charge in [-0.2, -0.15) is 0 Å². The summed E-state index contributed by atoms with van der Waals surface area (Å²) in [5.41, 5.74) is 0.615. The molecular weight excluding hydrogens is 292 g/mol. The van der Waals surface area contributed by atoms with Gasteiger partial charge in [-0.25, -0.2) is 4.98 Å². The van der Waals surface area contributed by atoms with Crippen molar-refractivity contribution in [2.24, 2.45) is 17.8 Å². The topological polar surface area (TPSA) is 60.5 Å². The molecule has 5 nitrogen and oxygen atoms in total. The standard InChI is InChI=1S/C18H24N2O3/c1-22-14-10-12(6-8-19-14)18(21)20-16-13-7-9-23-17(13)15(16)11-4-2-3-5-11/h6,8,10-11,13,15-17H,2-5,7,9H2,1H3,(H,20,21)/t13-,15+,16-,17-/m0/s1. The fraction of sp³-hybridized carbons (Fsp3) is 0.667. The molecule has 124 valence electrons. The van der Waals surface area contributed by atoms with Crippen LogP contribution in [0.15, 0.2) is 18.3 Å². The second-order valence-electron chi connectivity index (χ2n) is 7.00. The molecule has 2 aliphatic carbocycles. The summed E-state index contributed by atoms with van der Waals surface area (Å²) < 4.78 is 11.1. The maximum atomic E-state index is 12.6. The molecule has 1 amide bonds. The first kappa shape index (κ1) is 14.9. The Morgan fingerprint density at radius 1 is 1.35 bits per heavy atom. The lowest BCUT2D eigenvalue weighted by molar-refractivity contribution is -0.0784. The van der Waals surface area contributed by atoms with Gasteiger partial charge >= 0.3 is 0 Å². The molecular formula is C18H24N2O3. The highest BCUT2D eigenvalue weighted by Gasteiger charge is 2.57. The number of aromatic nitrogens is 1. The van der Waals surface area contributed by atoms with Gasteiger partial charge in [-0.3, -0.25) is 4.79 Å². The molecule has 1 aromatic rings. The van der Waals surface area contributed by atoms with Crippen LogP contribution in [0.1, 0.15) is 42.5 Å². The Bertz CT molecular complexity index is 581. The van der Waals surface area contributed by atoms with Gasteiger partial charge in [0.25, 0.3) is 5.91 Å². The number of amides is 1. The molecule has 0 aromatic carbocycles. The predicted octanol–water partition coefficient (Wildman–Crippen LogP) is 2.41. The van der Waals surface area contributed by atoms with Crippen molar-refractivity contribution in [1.29, 1.82) is 0 Å². The Kier molecular flexibility index (Phi) is 3.97. The number of nitrogens with zero attached hydrogens (tertiary/aromatic N) is 1. The number of pyridine rings is 1. The van der Waals surface area contributed by atoms with Gasteiger partial charge in [0, 0.05) is 42.3 Å². The molecule has 2 heterocycles. The van der Waals surface area contributed by atoms with E-state index in [4.69, 9.17) is 9.47 Å². The van der Waals surface area contributed by atoms with Crippen molar-refractivity contribution < 1.29 is 14.3 Å². The largest absolute Gasteiger partial charge is 0.481 e. The average Bonchev–Trinajstić information content (AvgIpc) is 3.23. The van der Waals surface area contributed by atoms with E-state index in [1.54, 1.807) is 25.4 Å². The number of hydrogen-bond acceptors (Lipinski definition) is 4. The quantitative estimate of drug-likeness (QED) is 0.927. The van der Waals surface area contributed by atoms with E-state index in [2.05, 4.69) is 10.3 Å². The van der Waals surface area contributed by atoms with E-state index in [1.165, 1.54) is 25.7 Å². The first-order valence-electron chi connectivity index (χ1n) is 8.70. The second-order valence-corrected chi connectivity index (χ2v) is 7.00. The van der Waals surface area contributed by atoms with Crippen molar-refractivity contribution in [1.82, 2.24) is 10.3 Å². The number of carbonyl (C=O) groups excluding carboxylic acids is 1. The van der Waals surface area contributed by atoms with Crippen molar-refractivity contribution in [2.45, 2.75) is 44.2 Å². The molecule has 1 aliphatic heterocycles. The van der Waals surface area contributed by atoms with E-state index in [0.717, 1.165) is 13.0 Å². The third-order valence-corrected chi connectivity index (χ3v) is 5.89. The molecule has 1 N–H and O–H groups in total. The van der Waals surface area contributed by atoms with E-state index < -0.39 is 0 Å². The van der Waals surface area contributed by atoms with Gasteiger partial charge in [-0.1, -0.05) is 25.7 Å². The summed E-state index contributed by atoms with van der Waals surface area (Å²) in [7, 11) is 1.56. The molecule has 0 bridgehead atoms. The average molecular weight is 316 g/mol. The molecule has 2 saturated carbocycles. The number of ether oxygens (including phenoxy) is 2. The summed E-state index contributed by atoms with van der Waals surface area (Å²) in [6, 6.07) is 3.70. The van der Waals surface area contributed by atoms with E-state index in [-0.39, 0.29) is 11.9 Å². The number of methoxy groups -OCH3 is 1. The summed E-state index contributed by atoms with van der Waals surface area (Å²) in [5.74, 6) is 2.15. The van der Waals surface area contributed by atoms with E-state index in [1.807, 2.05) is 0 Å². The summed E-state index contributed by atoms with van der Waals surface area (Å²) >= 11 is 0. The molecule has 4 atom stereocenters. The highest BCUT2D eigenvalue weighted by atomic mass is 16.5. The number of hydrogen-bond donors (Lipinski definition) is 1. The van der Waals surface area contributed by atoms with Crippen LogP contribution in [0.2, 0.25) is 0 Å². The van der Waals surface area contributed by atoms with Crippen LogP contribution in [0.3, 0.4) is 0 Å². The highest BCUT2D eigenvalue weighted by molar-refractivity contribution is 5.94. The van der Waals surface area contributed by atoms with E-state index >= 15 is 0 Å². The monoisotopic (exact) mass is 316 g/mol. The van der Waals surface area contributed by atoms with Crippen LogP contribution in [0.5, 0.6) is 5.88 Å². The van der Waals surface area contributed by atoms with Gasteiger partial charge in [-0.05, 0) is 18.4 Å². The molecule has 3 fully saturated rings. The number of rotatable bonds is 4. The lowest BCUT2D eigenvalue weighted by atomic mass is 9.61. The highest BCUT2D eigenvalue weighted by Crippen LogP contribution is 2.51.